The van der Waals surface area contributed by atoms with Crippen LogP contribution in [0, 0.1) is 11.8 Å². The maximum Gasteiger partial charge on any atom is 0.212 e. The van der Waals surface area contributed by atoms with Crippen LogP contribution in [0.4, 0.5) is 0 Å². The van der Waals surface area contributed by atoms with Gasteiger partial charge in [-0.2, -0.15) is 0 Å². The lowest BCUT2D eigenvalue weighted by Crippen LogP contribution is -2.39. The number of guanidine groups is 1. The molecule has 2 aliphatic rings. The van der Waals surface area contributed by atoms with E-state index < -0.39 is 0 Å². The summed E-state index contributed by atoms with van der Waals surface area (Å²) in [7, 11) is 3.51. The van der Waals surface area contributed by atoms with Crippen LogP contribution < -0.4 is 10.1 Å². The zero-order valence-electron chi connectivity index (χ0n) is 14.0. The first-order chi connectivity index (χ1) is 10.8. The molecule has 1 saturated carbocycles. The third-order valence-corrected chi connectivity index (χ3v) is 4.94. The summed E-state index contributed by atoms with van der Waals surface area (Å²) in [4.78, 5) is 11.1. The normalized spacial score (nSPS) is 23.9. The molecule has 0 radical (unpaired) electrons. The molecule has 0 spiro atoms. The van der Waals surface area contributed by atoms with Gasteiger partial charge in [-0.1, -0.05) is 18.9 Å². The fourth-order valence-electron chi connectivity index (χ4n) is 3.73. The summed E-state index contributed by atoms with van der Waals surface area (Å²) in [5, 5.41) is 3.47. The highest BCUT2D eigenvalue weighted by Gasteiger charge is 2.35. The van der Waals surface area contributed by atoms with Crippen LogP contribution in [0.15, 0.2) is 23.3 Å². The van der Waals surface area contributed by atoms with E-state index in [0.29, 0.717) is 5.88 Å². The van der Waals surface area contributed by atoms with Gasteiger partial charge in [0.25, 0.3) is 0 Å². The number of rotatable bonds is 3. The molecule has 128 valence electrons. The topological polar surface area (TPSA) is 49.8 Å². The Labute approximate surface area is 155 Å². The van der Waals surface area contributed by atoms with Gasteiger partial charge in [0.1, 0.15) is 0 Å². The molecule has 0 amide bonds. The van der Waals surface area contributed by atoms with Crippen LogP contribution in [-0.2, 0) is 6.54 Å². The van der Waals surface area contributed by atoms with Crippen LogP contribution in [0.2, 0.25) is 0 Å². The molecule has 1 saturated heterocycles. The van der Waals surface area contributed by atoms with Crippen molar-refractivity contribution in [3.05, 3.63) is 23.9 Å². The highest BCUT2D eigenvalue weighted by molar-refractivity contribution is 14.0. The second-order valence-corrected chi connectivity index (χ2v) is 6.32. The molecule has 3 rings (SSSR count). The van der Waals surface area contributed by atoms with E-state index in [1.54, 1.807) is 7.11 Å². The summed E-state index contributed by atoms with van der Waals surface area (Å²) < 4.78 is 5.09. The standard InChI is InChI=1S/C17H26N4O.HI/c1-18-17(20-10-13-7-8-16(22-2)19-9-13)21-11-14-5-3-4-6-15(14)12-21;/h7-9,14-15H,3-6,10-12H2,1-2H3,(H,18,20);1H. The number of aromatic nitrogens is 1. The third-order valence-electron chi connectivity index (χ3n) is 4.94. The Hall–Kier alpha value is -1.05. The molecule has 1 N–H and O–H groups in total. The van der Waals surface area contributed by atoms with Gasteiger partial charge in [0, 0.05) is 38.9 Å². The van der Waals surface area contributed by atoms with Gasteiger partial charge in [-0.15, -0.1) is 24.0 Å². The van der Waals surface area contributed by atoms with E-state index in [2.05, 4.69) is 20.2 Å². The highest BCUT2D eigenvalue weighted by atomic mass is 127. The number of methoxy groups -OCH3 is 1. The Kier molecular flexibility index (Phi) is 6.92. The number of hydrogen-bond donors (Lipinski definition) is 1. The smallest absolute Gasteiger partial charge is 0.212 e. The summed E-state index contributed by atoms with van der Waals surface area (Å²) in [5.74, 6) is 3.41. The van der Waals surface area contributed by atoms with Gasteiger partial charge in [-0.3, -0.25) is 4.99 Å². The predicted molar refractivity (Wildman–Crippen MR) is 103 cm³/mol. The van der Waals surface area contributed by atoms with E-state index in [9.17, 15) is 0 Å². The lowest BCUT2D eigenvalue weighted by Gasteiger charge is -2.22. The Morgan fingerprint density at radius 3 is 2.52 bits per heavy atom. The molecule has 5 nitrogen and oxygen atoms in total. The first-order valence-corrected chi connectivity index (χ1v) is 8.24. The number of hydrogen-bond acceptors (Lipinski definition) is 3. The van der Waals surface area contributed by atoms with Crippen molar-refractivity contribution in [1.29, 1.82) is 0 Å². The quantitative estimate of drug-likeness (QED) is 0.455. The minimum absolute atomic E-state index is 0. The molecule has 1 aliphatic carbocycles. The van der Waals surface area contributed by atoms with E-state index in [4.69, 9.17) is 4.74 Å². The molecule has 0 bridgehead atoms. The second-order valence-electron chi connectivity index (χ2n) is 6.32. The van der Waals surface area contributed by atoms with Crippen LogP contribution >= 0.6 is 24.0 Å². The molecule has 23 heavy (non-hydrogen) atoms. The van der Waals surface area contributed by atoms with E-state index >= 15 is 0 Å². The van der Waals surface area contributed by atoms with Crippen molar-refractivity contribution in [2.75, 3.05) is 27.2 Å². The SMILES string of the molecule is CN=C(NCc1ccc(OC)nc1)N1CC2CCCCC2C1.I. The summed E-state index contributed by atoms with van der Waals surface area (Å²) in [5.41, 5.74) is 1.14. The Balaban J connectivity index is 0.00000192. The van der Waals surface area contributed by atoms with Crippen molar-refractivity contribution in [1.82, 2.24) is 15.2 Å². The Morgan fingerprint density at radius 2 is 2.00 bits per heavy atom. The maximum atomic E-state index is 5.09. The highest BCUT2D eigenvalue weighted by Crippen LogP contribution is 2.35. The van der Waals surface area contributed by atoms with Crippen LogP contribution in [0.1, 0.15) is 31.2 Å². The minimum Gasteiger partial charge on any atom is -0.481 e. The molecule has 6 heteroatoms. The predicted octanol–water partition coefficient (Wildman–Crippen LogP) is 2.91. The average molecular weight is 430 g/mol. The lowest BCUT2D eigenvalue weighted by atomic mass is 9.82. The van der Waals surface area contributed by atoms with Crippen molar-refractivity contribution < 1.29 is 4.74 Å². The first-order valence-electron chi connectivity index (χ1n) is 8.24. The van der Waals surface area contributed by atoms with Gasteiger partial charge >= 0.3 is 0 Å². The second kappa shape index (κ2) is 8.70. The molecule has 2 fully saturated rings. The summed E-state index contributed by atoms with van der Waals surface area (Å²) in [6.45, 7) is 3.06. The van der Waals surface area contributed by atoms with Gasteiger partial charge in [0.15, 0.2) is 5.96 Å². The Bertz CT molecular complexity index is 506. The maximum absolute atomic E-state index is 5.09. The fraction of sp³-hybridized carbons (Fsp3) is 0.647. The van der Waals surface area contributed by atoms with Gasteiger partial charge in [0.2, 0.25) is 5.88 Å². The molecule has 2 heterocycles. The van der Waals surface area contributed by atoms with Crippen molar-refractivity contribution in [3.63, 3.8) is 0 Å². The summed E-state index contributed by atoms with van der Waals surface area (Å²) in [6, 6.07) is 3.93. The first kappa shape index (κ1) is 18.3. The summed E-state index contributed by atoms with van der Waals surface area (Å²) >= 11 is 0. The molecule has 2 unspecified atom stereocenters. The molecular weight excluding hydrogens is 403 g/mol. The number of aliphatic imine (C=N–C) groups is 1. The van der Waals surface area contributed by atoms with Gasteiger partial charge in [-0.05, 0) is 30.2 Å². The number of halogens is 1. The van der Waals surface area contributed by atoms with Crippen LogP contribution in [0.25, 0.3) is 0 Å². The Morgan fingerprint density at radius 1 is 1.30 bits per heavy atom. The van der Waals surface area contributed by atoms with E-state index in [-0.39, 0.29) is 24.0 Å². The third kappa shape index (κ3) is 4.49. The molecule has 0 aromatic carbocycles. The average Bonchev–Trinajstić information content (AvgIpc) is 3.00. The fourth-order valence-corrected chi connectivity index (χ4v) is 3.73. The zero-order valence-corrected chi connectivity index (χ0v) is 16.3. The van der Waals surface area contributed by atoms with Crippen molar-refractivity contribution >= 4 is 29.9 Å². The van der Waals surface area contributed by atoms with Crippen molar-refractivity contribution in [2.45, 2.75) is 32.2 Å². The summed E-state index contributed by atoms with van der Waals surface area (Å²) in [6.07, 6.45) is 7.43. The number of fused-ring (bicyclic) bond motifs is 1. The monoisotopic (exact) mass is 430 g/mol. The lowest BCUT2D eigenvalue weighted by molar-refractivity contribution is 0.299. The molecule has 2 atom stereocenters. The minimum atomic E-state index is 0. The van der Waals surface area contributed by atoms with Crippen LogP contribution in [0.3, 0.4) is 0 Å². The van der Waals surface area contributed by atoms with Crippen LogP contribution in [-0.4, -0.2) is 43.1 Å². The number of nitrogens with zero attached hydrogens (tertiary/aromatic N) is 3. The van der Waals surface area contributed by atoms with E-state index in [1.807, 2.05) is 25.4 Å². The number of nitrogens with one attached hydrogen (secondary N) is 1. The number of pyridine rings is 1. The van der Waals surface area contributed by atoms with Gasteiger partial charge in [-0.25, -0.2) is 4.98 Å². The number of likely N-dealkylation sites (tertiary alicyclic amines) is 1. The van der Waals surface area contributed by atoms with Crippen molar-refractivity contribution in [3.8, 4) is 5.88 Å². The molecular formula is C17H27IN4O. The zero-order chi connectivity index (χ0) is 15.4. The van der Waals surface area contributed by atoms with Gasteiger partial charge < -0.3 is 15.0 Å². The van der Waals surface area contributed by atoms with E-state index in [1.165, 1.54) is 25.7 Å². The molecule has 1 aliphatic heterocycles. The molecule has 1 aromatic rings. The van der Waals surface area contributed by atoms with Gasteiger partial charge in [0.05, 0.1) is 7.11 Å². The number of ether oxygens (including phenoxy) is 1. The van der Waals surface area contributed by atoms with E-state index in [0.717, 1.165) is 43.0 Å². The largest absolute Gasteiger partial charge is 0.481 e. The molecule has 1 aromatic heterocycles. The van der Waals surface area contributed by atoms with Crippen LogP contribution in [0.5, 0.6) is 5.88 Å². The van der Waals surface area contributed by atoms with Crippen molar-refractivity contribution in [2.24, 2.45) is 16.8 Å².